The number of phenols is 1. The van der Waals surface area contributed by atoms with Crippen LogP contribution in [0.15, 0.2) is 18.2 Å². The highest BCUT2D eigenvalue weighted by atomic mass is 16.3. The number of phenolic OH excluding ortho intramolecular Hbond substituents is 1. The molecule has 3 heteroatoms. The van der Waals surface area contributed by atoms with Crippen molar-refractivity contribution in [2.24, 2.45) is 0 Å². The van der Waals surface area contributed by atoms with Crippen molar-refractivity contribution in [3.05, 3.63) is 29.3 Å². The van der Waals surface area contributed by atoms with Crippen molar-refractivity contribution in [2.45, 2.75) is 5.92 Å². The van der Waals surface area contributed by atoms with Crippen molar-refractivity contribution >= 4 is 18.0 Å². The lowest BCUT2D eigenvalue weighted by Gasteiger charge is -2.08. The normalized spacial score (nSPS) is 18.6. The summed E-state index contributed by atoms with van der Waals surface area (Å²) in [7, 11) is 0. The van der Waals surface area contributed by atoms with E-state index in [1.54, 1.807) is 18.2 Å². The molecule has 2 rings (SSSR count). The van der Waals surface area contributed by atoms with Gasteiger partial charge in [-0.15, -0.1) is 0 Å². The Labute approximate surface area is 75.5 Å². The van der Waals surface area contributed by atoms with Crippen LogP contribution < -0.4 is 5.73 Å². The Balaban J connectivity index is 2.65. The highest BCUT2D eigenvalue weighted by Gasteiger charge is 2.21. The second kappa shape index (κ2) is 2.62. The van der Waals surface area contributed by atoms with Gasteiger partial charge in [0.2, 0.25) is 0 Å². The first kappa shape index (κ1) is 7.86. The standard InChI is InChI=1S/C10H9NO2/c11-8-4-3-6-1-2-7(5-12)9(6)10(8)13/h1-5,7,13H,11H2. The average Bonchev–Trinajstić information content (AvgIpc) is 2.55. The Morgan fingerprint density at radius 1 is 1.46 bits per heavy atom. The maximum absolute atomic E-state index is 10.6. The lowest BCUT2D eigenvalue weighted by molar-refractivity contribution is -0.108. The molecular formula is C10H9NO2. The summed E-state index contributed by atoms with van der Waals surface area (Å²) in [6.07, 6.45) is 4.35. The van der Waals surface area contributed by atoms with E-state index in [4.69, 9.17) is 5.73 Å². The fourth-order valence-electron chi connectivity index (χ4n) is 1.55. The first-order valence-corrected chi connectivity index (χ1v) is 3.99. The zero-order chi connectivity index (χ0) is 9.42. The Kier molecular flexibility index (Phi) is 1.59. The molecule has 0 heterocycles. The summed E-state index contributed by atoms with van der Waals surface area (Å²) in [4.78, 5) is 10.6. The maximum Gasteiger partial charge on any atom is 0.143 e. The number of aromatic hydroxyl groups is 1. The molecule has 0 bridgehead atoms. The van der Waals surface area contributed by atoms with Crippen LogP contribution in [0, 0.1) is 0 Å². The molecule has 1 atom stereocenters. The second-order valence-corrected chi connectivity index (χ2v) is 3.03. The van der Waals surface area contributed by atoms with Crippen molar-refractivity contribution in [2.75, 3.05) is 5.73 Å². The van der Waals surface area contributed by atoms with E-state index in [2.05, 4.69) is 0 Å². The summed E-state index contributed by atoms with van der Waals surface area (Å²) in [5.74, 6) is -0.321. The Morgan fingerprint density at radius 3 is 2.92 bits per heavy atom. The van der Waals surface area contributed by atoms with Gasteiger partial charge in [0, 0.05) is 5.56 Å². The summed E-state index contributed by atoms with van der Waals surface area (Å²) in [5.41, 5.74) is 7.32. The third-order valence-corrected chi connectivity index (χ3v) is 2.25. The number of rotatable bonds is 1. The molecule has 66 valence electrons. The van der Waals surface area contributed by atoms with E-state index < -0.39 is 0 Å². The van der Waals surface area contributed by atoms with E-state index in [0.717, 1.165) is 11.8 Å². The van der Waals surface area contributed by atoms with Gasteiger partial charge in [0.05, 0.1) is 11.6 Å². The van der Waals surface area contributed by atoms with Crippen LogP contribution in [0.5, 0.6) is 5.75 Å². The number of benzene rings is 1. The van der Waals surface area contributed by atoms with Crippen molar-refractivity contribution < 1.29 is 9.90 Å². The number of fused-ring (bicyclic) bond motifs is 1. The maximum atomic E-state index is 10.6. The van der Waals surface area contributed by atoms with Gasteiger partial charge in [0.15, 0.2) is 0 Å². The number of nitrogens with two attached hydrogens (primary N) is 1. The molecule has 3 N–H and O–H groups in total. The van der Waals surface area contributed by atoms with Crippen LogP contribution in [0.3, 0.4) is 0 Å². The molecule has 0 radical (unpaired) electrons. The highest BCUT2D eigenvalue weighted by molar-refractivity contribution is 5.81. The van der Waals surface area contributed by atoms with Gasteiger partial charge in [0.1, 0.15) is 12.0 Å². The summed E-state index contributed by atoms with van der Waals surface area (Å²) < 4.78 is 0. The molecule has 0 amide bonds. The lowest BCUT2D eigenvalue weighted by atomic mass is 10.00. The van der Waals surface area contributed by atoms with Crippen molar-refractivity contribution in [1.29, 1.82) is 0 Å². The number of allylic oxidation sites excluding steroid dienone is 1. The first-order chi connectivity index (χ1) is 6.24. The lowest BCUT2D eigenvalue weighted by Crippen LogP contribution is -1.97. The SMILES string of the molecule is Nc1ccc2c(c1O)C(C=O)C=C2. The molecule has 0 spiro atoms. The smallest absolute Gasteiger partial charge is 0.143 e. The van der Waals surface area contributed by atoms with Crippen LogP contribution in [-0.4, -0.2) is 11.4 Å². The quantitative estimate of drug-likeness (QED) is 0.384. The van der Waals surface area contributed by atoms with E-state index in [0.29, 0.717) is 11.3 Å². The molecule has 1 aromatic carbocycles. The zero-order valence-corrected chi connectivity index (χ0v) is 6.90. The van der Waals surface area contributed by atoms with E-state index in [1.165, 1.54) is 0 Å². The molecule has 3 nitrogen and oxygen atoms in total. The van der Waals surface area contributed by atoms with Gasteiger partial charge in [-0.25, -0.2) is 0 Å². The van der Waals surface area contributed by atoms with Gasteiger partial charge in [0.25, 0.3) is 0 Å². The number of anilines is 1. The number of nitrogen functional groups attached to an aromatic ring is 1. The van der Waals surface area contributed by atoms with Crippen LogP contribution in [-0.2, 0) is 4.79 Å². The molecule has 1 aromatic rings. The minimum atomic E-state index is -0.349. The number of carbonyl (C=O) groups excluding carboxylic acids is 1. The first-order valence-electron chi connectivity index (χ1n) is 3.99. The minimum Gasteiger partial charge on any atom is -0.505 e. The molecule has 0 aliphatic heterocycles. The zero-order valence-electron chi connectivity index (χ0n) is 6.90. The predicted octanol–water partition coefficient (Wildman–Crippen LogP) is 1.28. The van der Waals surface area contributed by atoms with Crippen molar-refractivity contribution in [3.8, 4) is 5.75 Å². The summed E-state index contributed by atoms with van der Waals surface area (Å²) >= 11 is 0. The van der Waals surface area contributed by atoms with Crippen LogP contribution in [0.25, 0.3) is 6.08 Å². The molecule has 1 unspecified atom stereocenters. The van der Waals surface area contributed by atoms with Gasteiger partial charge < -0.3 is 15.6 Å². The van der Waals surface area contributed by atoms with E-state index in [1.807, 2.05) is 6.08 Å². The average molecular weight is 175 g/mol. The van der Waals surface area contributed by atoms with Crippen molar-refractivity contribution in [1.82, 2.24) is 0 Å². The molecule has 0 saturated carbocycles. The predicted molar refractivity (Wildman–Crippen MR) is 50.4 cm³/mol. The van der Waals surface area contributed by atoms with E-state index in [9.17, 15) is 9.90 Å². The molecule has 1 aliphatic rings. The second-order valence-electron chi connectivity index (χ2n) is 3.03. The summed E-state index contributed by atoms with van der Waals surface area (Å²) in [6, 6.07) is 3.43. The van der Waals surface area contributed by atoms with E-state index in [-0.39, 0.29) is 11.7 Å². The minimum absolute atomic E-state index is 0.0274. The Hall–Kier alpha value is -1.77. The van der Waals surface area contributed by atoms with E-state index >= 15 is 0 Å². The molecule has 0 fully saturated rings. The van der Waals surface area contributed by atoms with Crippen LogP contribution in [0.2, 0.25) is 0 Å². The number of hydrogen-bond donors (Lipinski definition) is 2. The molecule has 0 saturated heterocycles. The molecule has 0 aromatic heterocycles. The van der Waals surface area contributed by atoms with Crippen LogP contribution in [0.4, 0.5) is 5.69 Å². The fourth-order valence-corrected chi connectivity index (χ4v) is 1.55. The third kappa shape index (κ3) is 1.01. The van der Waals surface area contributed by atoms with Gasteiger partial charge in [-0.2, -0.15) is 0 Å². The summed E-state index contributed by atoms with van der Waals surface area (Å²) in [6.45, 7) is 0. The Bertz CT molecular complexity index is 396. The van der Waals surface area contributed by atoms with Gasteiger partial charge >= 0.3 is 0 Å². The highest BCUT2D eigenvalue weighted by Crippen LogP contribution is 2.38. The molecular weight excluding hydrogens is 166 g/mol. The molecule has 1 aliphatic carbocycles. The topological polar surface area (TPSA) is 63.3 Å². The number of carbonyl (C=O) groups is 1. The van der Waals surface area contributed by atoms with Crippen LogP contribution >= 0.6 is 0 Å². The summed E-state index contributed by atoms with van der Waals surface area (Å²) in [5, 5.41) is 9.60. The number of aldehydes is 1. The molecule has 13 heavy (non-hydrogen) atoms. The largest absolute Gasteiger partial charge is 0.505 e. The van der Waals surface area contributed by atoms with Gasteiger partial charge in [-0.1, -0.05) is 18.2 Å². The fraction of sp³-hybridized carbons (Fsp3) is 0.100. The van der Waals surface area contributed by atoms with Crippen LogP contribution in [0.1, 0.15) is 17.0 Å². The monoisotopic (exact) mass is 175 g/mol. The van der Waals surface area contributed by atoms with Gasteiger partial charge in [-0.05, 0) is 11.6 Å². The van der Waals surface area contributed by atoms with Gasteiger partial charge in [-0.3, -0.25) is 0 Å². The number of hydrogen-bond acceptors (Lipinski definition) is 3. The Morgan fingerprint density at radius 2 is 2.23 bits per heavy atom. The van der Waals surface area contributed by atoms with Crippen molar-refractivity contribution in [3.63, 3.8) is 0 Å². The third-order valence-electron chi connectivity index (χ3n) is 2.25.